The Bertz CT molecular complexity index is 492. The summed E-state index contributed by atoms with van der Waals surface area (Å²) < 4.78 is 40.4. The molecule has 1 aliphatic rings. The van der Waals surface area contributed by atoms with Gasteiger partial charge in [-0.05, 0) is 12.1 Å². The van der Waals surface area contributed by atoms with Crippen LogP contribution in [-0.4, -0.2) is 37.3 Å². The zero-order valence-corrected chi connectivity index (χ0v) is 15.0. The lowest BCUT2D eigenvalue weighted by Crippen LogP contribution is -2.49. The smallest absolute Gasteiger partial charge is 0.314 e. The van der Waals surface area contributed by atoms with Crippen LogP contribution in [0, 0.1) is 0 Å². The molecule has 2 rings (SSSR count). The van der Waals surface area contributed by atoms with Gasteiger partial charge in [-0.2, -0.15) is 13.2 Å². The zero-order chi connectivity index (χ0) is 14.9. The number of benzene rings is 1. The van der Waals surface area contributed by atoms with Crippen molar-refractivity contribution in [3.63, 3.8) is 0 Å². The third-order valence-corrected chi connectivity index (χ3v) is 4.33. The van der Waals surface area contributed by atoms with E-state index in [2.05, 4.69) is 5.32 Å². The van der Waals surface area contributed by atoms with Gasteiger partial charge in [0.05, 0.1) is 10.0 Å². The number of piperazine rings is 1. The summed E-state index contributed by atoms with van der Waals surface area (Å²) in [5.41, 5.74) is -0.171. The molecule has 1 heterocycles. The maximum Gasteiger partial charge on any atom is 0.408 e. The molecule has 1 aliphatic heterocycles. The van der Waals surface area contributed by atoms with Crippen LogP contribution in [0.25, 0.3) is 0 Å². The predicted molar refractivity (Wildman–Crippen MR) is 89.2 cm³/mol. The van der Waals surface area contributed by atoms with Crippen LogP contribution in [-0.2, 0) is 0 Å². The van der Waals surface area contributed by atoms with E-state index in [9.17, 15) is 13.2 Å². The molecule has 1 aromatic rings. The second-order valence-electron chi connectivity index (χ2n) is 4.49. The molecule has 128 valence electrons. The predicted octanol–water partition coefficient (Wildman–Crippen LogP) is 5.00. The molecule has 10 heteroatoms. The Balaban J connectivity index is 0.00000220. The van der Waals surface area contributed by atoms with Crippen molar-refractivity contribution in [1.29, 1.82) is 0 Å². The molecular formula is C12H14Cl5F3N2. The van der Waals surface area contributed by atoms with Crippen molar-refractivity contribution in [2.75, 3.05) is 26.2 Å². The van der Waals surface area contributed by atoms with Gasteiger partial charge in [0.1, 0.15) is 6.04 Å². The minimum atomic E-state index is -4.48. The summed E-state index contributed by atoms with van der Waals surface area (Å²) in [7, 11) is 0. The fourth-order valence-corrected chi connectivity index (χ4v) is 3.03. The average molecular weight is 421 g/mol. The second kappa shape index (κ2) is 9.02. The van der Waals surface area contributed by atoms with E-state index in [1.54, 1.807) is 0 Å². The van der Waals surface area contributed by atoms with E-state index >= 15 is 0 Å². The van der Waals surface area contributed by atoms with Crippen molar-refractivity contribution in [2.45, 2.75) is 12.2 Å². The van der Waals surface area contributed by atoms with Crippen LogP contribution in [0.2, 0.25) is 15.1 Å². The molecule has 0 amide bonds. The van der Waals surface area contributed by atoms with Crippen molar-refractivity contribution in [1.82, 2.24) is 10.2 Å². The van der Waals surface area contributed by atoms with Crippen LogP contribution in [0.4, 0.5) is 13.2 Å². The molecule has 0 saturated carbocycles. The lowest BCUT2D eigenvalue weighted by Gasteiger charge is -2.37. The maximum atomic E-state index is 13.5. The quantitative estimate of drug-likeness (QED) is 0.678. The van der Waals surface area contributed by atoms with Gasteiger partial charge in [0, 0.05) is 36.8 Å². The summed E-state index contributed by atoms with van der Waals surface area (Å²) >= 11 is 17.7. The molecule has 2 nitrogen and oxygen atoms in total. The van der Waals surface area contributed by atoms with Crippen LogP contribution in [0.15, 0.2) is 12.1 Å². The van der Waals surface area contributed by atoms with Crippen molar-refractivity contribution in [3.05, 3.63) is 32.8 Å². The Morgan fingerprint density at radius 1 is 1.00 bits per heavy atom. The fourth-order valence-electron chi connectivity index (χ4n) is 2.29. The summed E-state index contributed by atoms with van der Waals surface area (Å²) in [6, 6.07) is 0.885. The first kappa shape index (κ1) is 22.4. The number of hydrogen-bond acceptors (Lipinski definition) is 2. The van der Waals surface area contributed by atoms with Crippen LogP contribution < -0.4 is 5.32 Å². The minimum absolute atomic E-state index is 0. The van der Waals surface area contributed by atoms with Gasteiger partial charge in [-0.1, -0.05) is 34.8 Å². The van der Waals surface area contributed by atoms with E-state index in [1.807, 2.05) is 0 Å². The molecule has 1 saturated heterocycles. The summed E-state index contributed by atoms with van der Waals surface area (Å²) in [6.45, 7) is 1.51. The molecule has 0 radical (unpaired) electrons. The highest BCUT2D eigenvalue weighted by molar-refractivity contribution is 6.44. The molecule has 0 bridgehead atoms. The zero-order valence-electron chi connectivity index (χ0n) is 11.1. The van der Waals surface area contributed by atoms with E-state index in [4.69, 9.17) is 34.8 Å². The average Bonchev–Trinajstić information content (AvgIpc) is 2.39. The fraction of sp³-hybridized carbons (Fsp3) is 0.500. The monoisotopic (exact) mass is 418 g/mol. The third kappa shape index (κ3) is 4.94. The van der Waals surface area contributed by atoms with Gasteiger partial charge >= 0.3 is 6.18 Å². The van der Waals surface area contributed by atoms with Crippen molar-refractivity contribution >= 4 is 59.6 Å². The molecule has 1 N–H and O–H groups in total. The van der Waals surface area contributed by atoms with Crippen LogP contribution in [0.1, 0.15) is 11.6 Å². The topological polar surface area (TPSA) is 15.3 Å². The van der Waals surface area contributed by atoms with E-state index in [-0.39, 0.29) is 58.5 Å². The number of nitrogens with zero attached hydrogens (tertiary/aromatic N) is 1. The maximum absolute atomic E-state index is 13.5. The Morgan fingerprint density at radius 3 is 2.00 bits per heavy atom. The summed E-state index contributed by atoms with van der Waals surface area (Å²) in [4.78, 5) is 1.32. The Kier molecular flexibility index (Phi) is 9.17. The lowest BCUT2D eigenvalue weighted by molar-refractivity contribution is -0.187. The van der Waals surface area contributed by atoms with Crippen molar-refractivity contribution < 1.29 is 13.2 Å². The van der Waals surface area contributed by atoms with Gasteiger partial charge in [-0.3, -0.25) is 4.90 Å². The molecule has 0 unspecified atom stereocenters. The summed E-state index contributed by atoms with van der Waals surface area (Å²) in [6.07, 6.45) is -4.48. The van der Waals surface area contributed by atoms with E-state index in [0.29, 0.717) is 13.1 Å². The molecule has 1 fully saturated rings. The Labute approximate surface area is 154 Å². The third-order valence-electron chi connectivity index (χ3n) is 3.18. The van der Waals surface area contributed by atoms with E-state index in [1.165, 1.54) is 17.0 Å². The highest BCUT2D eigenvalue weighted by Gasteiger charge is 2.47. The van der Waals surface area contributed by atoms with Crippen LogP contribution >= 0.6 is 59.6 Å². The first-order valence-corrected chi connectivity index (χ1v) is 7.10. The highest BCUT2D eigenvalue weighted by atomic mass is 35.5. The van der Waals surface area contributed by atoms with Crippen LogP contribution in [0.3, 0.4) is 0 Å². The summed E-state index contributed by atoms with van der Waals surface area (Å²) in [5.74, 6) is 0. The van der Waals surface area contributed by atoms with Crippen molar-refractivity contribution in [3.8, 4) is 0 Å². The molecule has 0 spiro atoms. The standard InChI is InChI=1S/C12H12Cl3F3N2.2ClH/c13-7-1-2-8(14)10(15)9(7)11(12(16,17)18)20-5-3-19-4-6-20;;/h1-2,11,19H,3-6H2;2*1H/t11-;;/m0../s1. The molecule has 22 heavy (non-hydrogen) atoms. The Hall–Kier alpha value is 0.380. The van der Waals surface area contributed by atoms with Gasteiger partial charge in [0.25, 0.3) is 0 Å². The van der Waals surface area contributed by atoms with Gasteiger partial charge < -0.3 is 5.32 Å². The number of halogens is 8. The minimum Gasteiger partial charge on any atom is -0.314 e. The molecule has 0 aliphatic carbocycles. The van der Waals surface area contributed by atoms with Gasteiger partial charge in [-0.25, -0.2) is 0 Å². The largest absolute Gasteiger partial charge is 0.408 e. The normalized spacial score (nSPS) is 17.4. The SMILES string of the molecule is Cl.Cl.FC(F)(F)[C@H](c1c(Cl)ccc(Cl)c1Cl)N1CCNCC1. The first-order valence-electron chi connectivity index (χ1n) is 5.97. The molecule has 1 aromatic carbocycles. The van der Waals surface area contributed by atoms with Gasteiger partial charge in [0.15, 0.2) is 0 Å². The molecular weight excluding hydrogens is 406 g/mol. The van der Waals surface area contributed by atoms with E-state index in [0.717, 1.165) is 0 Å². The first-order chi connectivity index (χ1) is 9.32. The van der Waals surface area contributed by atoms with Gasteiger partial charge in [0.2, 0.25) is 0 Å². The number of rotatable bonds is 2. The molecule has 1 atom stereocenters. The Morgan fingerprint density at radius 2 is 1.50 bits per heavy atom. The molecule has 0 aromatic heterocycles. The number of alkyl halides is 3. The number of nitrogens with one attached hydrogen (secondary N) is 1. The van der Waals surface area contributed by atoms with Crippen molar-refractivity contribution in [2.24, 2.45) is 0 Å². The lowest BCUT2D eigenvalue weighted by atomic mass is 10.0. The highest BCUT2D eigenvalue weighted by Crippen LogP contribution is 2.45. The van der Waals surface area contributed by atoms with E-state index < -0.39 is 12.2 Å². The van der Waals surface area contributed by atoms with Crippen LogP contribution in [0.5, 0.6) is 0 Å². The number of hydrogen-bond donors (Lipinski definition) is 1. The second-order valence-corrected chi connectivity index (χ2v) is 5.68. The summed E-state index contributed by atoms with van der Waals surface area (Å²) in [5, 5.41) is 2.91. The van der Waals surface area contributed by atoms with Gasteiger partial charge in [-0.15, -0.1) is 24.8 Å².